The second-order valence-electron chi connectivity index (χ2n) is 11.3. The Morgan fingerprint density at radius 1 is 0.938 bits per heavy atom. The number of nitrogens with zero attached hydrogens (tertiary/aromatic N) is 3. The summed E-state index contributed by atoms with van der Waals surface area (Å²) < 4.78 is 0. The van der Waals surface area contributed by atoms with E-state index in [-0.39, 0.29) is 0 Å². The van der Waals surface area contributed by atoms with Gasteiger partial charge in [0.2, 0.25) is 0 Å². The number of hydrogen-bond acceptors (Lipinski definition) is 8. The van der Waals surface area contributed by atoms with Crippen LogP contribution in [-0.4, -0.2) is 65.2 Å². The molecule has 48 heavy (non-hydrogen) atoms. The molecule has 2 heterocycles. The Labute approximate surface area is 281 Å². The molecule has 0 bridgehead atoms. The maximum Gasteiger partial charge on any atom is 0.321 e. The third kappa shape index (κ3) is 11.4. The largest absolute Gasteiger partial charge is 0.480 e. The number of nitrogens with one attached hydrogen (secondary N) is 1. The summed E-state index contributed by atoms with van der Waals surface area (Å²) in [7, 11) is 3.53. The van der Waals surface area contributed by atoms with E-state index in [1.807, 2.05) is 78.7 Å². The molecule has 9 nitrogen and oxygen atoms in total. The van der Waals surface area contributed by atoms with Crippen molar-refractivity contribution >= 4 is 29.4 Å². The summed E-state index contributed by atoms with van der Waals surface area (Å²) in [4.78, 5) is 44.0. The summed E-state index contributed by atoms with van der Waals surface area (Å²) >= 11 is 0. The minimum absolute atomic E-state index is 0.445. The molecule has 0 saturated carbocycles. The summed E-state index contributed by atoms with van der Waals surface area (Å²) in [5.74, 6) is 10.5. The van der Waals surface area contributed by atoms with Crippen molar-refractivity contribution in [2.75, 3.05) is 20.6 Å². The summed E-state index contributed by atoms with van der Waals surface area (Å²) in [6.07, 6.45) is 5.50. The number of carbonyl (C=O) groups is 3. The van der Waals surface area contributed by atoms with Crippen LogP contribution in [0.4, 0.5) is 0 Å². The number of carboxylic acids is 1. The van der Waals surface area contributed by atoms with Gasteiger partial charge < -0.3 is 5.11 Å². The zero-order valence-electron chi connectivity index (χ0n) is 27.6. The molecular formula is C39H41N5O4. The van der Waals surface area contributed by atoms with Gasteiger partial charge in [-0.05, 0) is 68.4 Å². The van der Waals surface area contributed by atoms with Crippen LogP contribution in [0.3, 0.4) is 0 Å². The first-order chi connectivity index (χ1) is 23.2. The summed E-state index contributed by atoms with van der Waals surface area (Å²) in [6, 6.07) is 27.7. The van der Waals surface area contributed by atoms with Crippen LogP contribution in [0.2, 0.25) is 0 Å². The monoisotopic (exact) mass is 643 g/mol. The van der Waals surface area contributed by atoms with E-state index in [9.17, 15) is 19.5 Å². The summed E-state index contributed by atoms with van der Waals surface area (Å²) in [5, 5.41) is 10.0. The van der Waals surface area contributed by atoms with E-state index in [2.05, 4.69) is 46.9 Å². The van der Waals surface area contributed by atoms with E-state index < -0.39 is 12.0 Å². The molecule has 246 valence electrons. The predicted molar refractivity (Wildman–Crippen MR) is 190 cm³/mol. The van der Waals surface area contributed by atoms with Gasteiger partial charge in [0, 0.05) is 52.1 Å². The molecule has 0 fully saturated rings. The third-order valence-corrected chi connectivity index (χ3v) is 7.09. The van der Waals surface area contributed by atoms with Crippen molar-refractivity contribution in [3.63, 3.8) is 0 Å². The molecule has 9 heteroatoms. The van der Waals surface area contributed by atoms with E-state index >= 15 is 0 Å². The number of aldehydes is 2. The average Bonchev–Trinajstić information content (AvgIpc) is 3.10. The molecule has 0 radical (unpaired) electrons. The van der Waals surface area contributed by atoms with Crippen LogP contribution in [0.1, 0.15) is 51.3 Å². The van der Waals surface area contributed by atoms with Crippen LogP contribution in [0.25, 0.3) is 22.2 Å². The van der Waals surface area contributed by atoms with Crippen molar-refractivity contribution in [1.82, 2.24) is 20.3 Å². The Morgan fingerprint density at radius 3 is 2.08 bits per heavy atom. The Balaban J connectivity index is 0.000000268. The van der Waals surface area contributed by atoms with Crippen molar-refractivity contribution in [2.24, 2.45) is 11.8 Å². The van der Waals surface area contributed by atoms with E-state index in [1.54, 1.807) is 43.7 Å². The Hall–Kier alpha value is -5.53. The molecule has 0 saturated heterocycles. The Morgan fingerprint density at radius 2 is 1.54 bits per heavy atom. The van der Waals surface area contributed by atoms with Crippen LogP contribution in [-0.2, 0) is 11.2 Å². The fourth-order valence-corrected chi connectivity index (χ4v) is 4.83. The van der Waals surface area contributed by atoms with Crippen LogP contribution < -0.4 is 11.3 Å². The van der Waals surface area contributed by atoms with E-state index in [0.717, 1.165) is 58.0 Å². The highest BCUT2D eigenvalue weighted by atomic mass is 16.4. The maximum atomic E-state index is 11.4. The van der Waals surface area contributed by atoms with Gasteiger partial charge in [-0.2, -0.15) is 0 Å². The third-order valence-electron chi connectivity index (χ3n) is 7.09. The predicted octanol–water partition coefficient (Wildman–Crippen LogP) is 5.67. The number of hydrogen-bond donors (Lipinski definition) is 3. The van der Waals surface area contributed by atoms with Crippen LogP contribution in [0.15, 0.2) is 103 Å². The highest BCUT2D eigenvalue weighted by Crippen LogP contribution is 2.23. The van der Waals surface area contributed by atoms with Gasteiger partial charge in [-0.25, -0.2) is 4.98 Å². The van der Waals surface area contributed by atoms with Crippen molar-refractivity contribution < 1.29 is 19.5 Å². The van der Waals surface area contributed by atoms with Gasteiger partial charge in [-0.3, -0.25) is 35.5 Å². The topological polar surface area (TPSA) is 139 Å². The van der Waals surface area contributed by atoms with Crippen LogP contribution >= 0.6 is 0 Å². The number of fused-ring (bicyclic) bond motifs is 1. The number of pyridine rings is 2. The van der Waals surface area contributed by atoms with Gasteiger partial charge in [-0.1, -0.05) is 80.3 Å². The number of aromatic nitrogens is 2. The molecule has 5 rings (SSSR count). The summed E-state index contributed by atoms with van der Waals surface area (Å²) in [5.41, 5.74) is 8.58. The van der Waals surface area contributed by atoms with Crippen LogP contribution in [0, 0.1) is 17.8 Å². The number of carboxylic acid groups (broad SMARTS) is 1. The quantitative estimate of drug-likeness (QED) is 0.0803. The number of aliphatic carboxylic acids is 1. The molecule has 1 unspecified atom stereocenters. The first-order valence-corrected chi connectivity index (χ1v) is 15.4. The second-order valence-corrected chi connectivity index (χ2v) is 11.3. The number of rotatable bonds is 9. The number of likely N-dealkylation sites (N-methyl/N-ethyl adjacent to an activating group) is 1. The van der Waals surface area contributed by atoms with Crippen molar-refractivity contribution in [2.45, 2.75) is 26.3 Å². The highest BCUT2D eigenvalue weighted by Gasteiger charge is 2.23. The first kappa shape index (κ1) is 36.9. The second kappa shape index (κ2) is 19.2. The number of carbonyl (C=O) groups excluding carboxylic acids is 2. The summed E-state index contributed by atoms with van der Waals surface area (Å²) in [6.45, 7) is 4.99. The average molecular weight is 644 g/mol. The first-order valence-electron chi connectivity index (χ1n) is 15.4. The zero-order valence-corrected chi connectivity index (χ0v) is 27.6. The SMILES string of the molecule is CC(C)CN(C)C(Cc1ccccc1)C(=O)O.CNN.O=Cc1ccc(C#Cc2ccc(-c3cc(C=O)c4cnccc4n3)cc2)cc1. The molecule has 0 spiro atoms. The lowest BCUT2D eigenvalue weighted by atomic mass is 10.0. The van der Waals surface area contributed by atoms with Gasteiger partial charge in [-0.15, -0.1) is 0 Å². The Bertz CT molecular complexity index is 1830. The molecule has 1 atom stereocenters. The number of nitrogens with two attached hydrogens (primary N) is 1. The molecule has 0 amide bonds. The normalized spacial score (nSPS) is 10.9. The molecule has 0 aliphatic rings. The van der Waals surface area contributed by atoms with Crippen LogP contribution in [0.5, 0.6) is 0 Å². The Kier molecular flexibility index (Phi) is 14.8. The van der Waals surface area contributed by atoms with E-state index in [4.69, 9.17) is 0 Å². The standard InChI is InChI=1S/C24H14N2O2.C14H21NO2.CH6N2/c27-15-19-5-3-17(4-6-19)1-2-18-7-9-20(10-8-18)24-13-21(16-28)22-14-25-12-11-23(22)26-24;1-11(2)10-15(3)13(14(16)17)9-12-7-5-4-6-8-12;1-3-2/h3-16H;4-8,11,13H,9-10H2,1-3H3,(H,16,17);3H,2H2,1H3. The number of hydrazine groups is 1. The molecular weight excluding hydrogens is 602 g/mol. The molecule has 3 aromatic carbocycles. The molecule has 4 N–H and O–H groups in total. The molecule has 2 aromatic heterocycles. The van der Waals surface area contributed by atoms with Crippen molar-refractivity contribution in [3.05, 3.63) is 131 Å². The van der Waals surface area contributed by atoms with Gasteiger partial charge in [0.15, 0.2) is 6.29 Å². The minimum Gasteiger partial charge on any atom is -0.480 e. The lowest BCUT2D eigenvalue weighted by Crippen LogP contribution is -2.41. The van der Waals surface area contributed by atoms with E-state index in [1.165, 1.54) is 0 Å². The molecule has 0 aliphatic carbocycles. The van der Waals surface area contributed by atoms with Crippen molar-refractivity contribution in [1.29, 1.82) is 0 Å². The van der Waals surface area contributed by atoms with Gasteiger partial charge in [0.05, 0.1) is 11.2 Å². The van der Waals surface area contributed by atoms with E-state index in [0.29, 0.717) is 23.5 Å². The zero-order chi connectivity index (χ0) is 34.9. The highest BCUT2D eigenvalue weighted by molar-refractivity contribution is 5.97. The molecule has 0 aliphatic heterocycles. The van der Waals surface area contributed by atoms with Gasteiger partial charge in [0.1, 0.15) is 12.3 Å². The number of benzene rings is 3. The fraction of sp³-hybridized carbons (Fsp3) is 0.205. The fourth-order valence-electron chi connectivity index (χ4n) is 4.83. The lowest BCUT2D eigenvalue weighted by molar-refractivity contribution is -0.142. The van der Waals surface area contributed by atoms with Gasteiger partial charge >= 0.3 is 5.97 Å². The lowest BCUT2D eigenvalue weighted by Gasteiger charge is -2.26. The van der Waals surface area contributed by atoms with Gasteiger partial charge in [0.25, 0.3) is 0 Å². The smallest absolute Gasteiger partial charge is 0.321 e. The maximum absolute atomic E-state index is 11.4. The minimum atomic E-state index is -0.753. The molecule has 5 aromatic rings. The van der Waals surface area contributed by atoms with Crippen molar-refractivity contribution in [3.8, 4) is 23.1 Å².